The van der Waals surface area contributed by atoms with Crippen molar-refractivity contribution in [1.29, 1.82) is 0 Å². The number of hydrogen-bond donors (Lipinski definition) is 2. The van der Waals surface area contributed by atoms with Gasteiger partial charge in [0, 0.05) is 4.88 Å². The van der Waals surface area contributed by atoms with E-state index in [1.54, 1.807) is 12.1 Å². The highest BCUT2D eigenvalue weighted by atomic mass is 32.1. The van der Waals surface area contributed by atoms with Crippen molar-refractivity contribution in [2.75, 3.05) is 13.1 Å². The lowest BCUT2D eigenvalue weighted by Crippen LogP contribution is -2.39. The number of nitrogens with zero attached hydrogens (tertiary/aromatic N) is 1. The maximum absolute atomic E-state index is 12.0. The van der Waals surface area contributed by atoms with Crippen molar-refractivity contribution in [3.63, 3.8) is 0 Å². The van der Waals surface area contributed by atoms with Crippen LogP contribution < -0.4 is 0 Å². The molecule has 0 aromatic carbocycles. The van der Waals surface area contributed by atoms with Crippen LogP contribution in [0.1, 0.15) is 21.5 Å². The van der Waals surface area contributed by atoms with Crippen LogP contribution in [0.15, 0.2) is 12.1 Å². The second-order valence-corrected chi connectivity index (χ2v) is 4.74. The number of hydrogen-bond acceptors (Lipinski definition) is 4. The Kier molecular flexibility index (Phi) is 4.85. The van der Waals surface area contributed by atoms with Crippen molar-refractivity contribution in [3.05, 3.63) is 21.9 Å². The molecule has 18 heavy (non-hydrogen) atoms. The number of carboxylic acid groups (broad SMARTS) is 2. The molecule has 0 saturated carbocycles. The van der Waals surface area contributed by atoms with Crippen molar-refractivity contribution in [3.8, 4) is 0 Å². The summed E-state index contributed by atoms with van der Waals surface area (Å²) >= 11 is 1.25. The van der Waals surface area contributed by atoms with E-state index in [1.807, 2.05) is 6.92 Å². The molecule has 6 nitrogen and oxygen atoms in total. The monoisotopic (exact) mass is 271 g/mol. The summed E-state index contributed by atoms with van der Waals surface area (Å²) in [6, 6.07) is 3.36. The minimum atomic E-state index is -1.24. The minimum Gasteiger partial charge on any atom is -0.480 e. The first-order chi connectivity index (χ1) is 8.43. The molecule has 98 valence electrons. The van der Waals surface area contributed by atoms with Crippen molar-refractivity contribution in [2.45, 2.75) is 13.3 Å². The molecule has 0 saturated heterocycles. The topological polar surface area (TPSA) is 94.9 Å². The van der Waals surface area contributed by atoms with Gasteiger partial charge in [-0.2, -0.15) is 0 Å². The fourth-order valence-electron chi connectivity index (χ4n) is 1.36. The zero-order chi connectivity index (χ0) is 13.7. The summed E-state index contributed by atoms with van der Waals surface area (Å²) in [7, 11) is 0. The molecule has 0 unspecified atom stereocenters. The molecule has 2 N–H and O–H groups in total. The molecule has 0 bridgehead atoms. The van der Waals surface area contributed by atoms with Gasteiger partial charge in [0.05, 0.1) is 4.88 Å². The van der Waals surface area contributed by atoms with E-state index in [0.717, 1.165) is 16.2 Å². The maximum atomic E-state index is 12.0. The highest BCUT2D eigenvalue weighted by Gasteiger charge is 2.22. The summed E-state index contributed by atoms with van der Waals surface area (Å²) in [5, 5.41) is 17.3. The molecule has 1 rings (SSSR count). The lowest BCUT2D eigenvalue weighted by molar-refractivity contribution is -0.140. The Bertz CT molecular complexity index is 452. The molecular formula is C11H13NO5S. The van der Waals surface area contributed by atoms with Crippen molar-refractivity contribution in [1.82, 2.24) is 4.90 Å². The highest BCUT2D eigenvalue weighted by Crippen LogP contribution is 2.18. The van der Waals surface area contributed by atoms with Gasteiger partial charge in [-0.15, -0.1) is 11.3 Å². The van der Waals surface area contributed by atoms with E-state index in [0.29, 0.717) is 4.88 Å². The molecule has 0 radical (unpaired) electrons. The van der Waals surface area contributed by atoms with Gasteiger partial charge >= 0.3 is 11.9 Å². The molecule has 0 fully saturated rings. The third-order valence-electron chi connectivity index (χ3n) is 2.16. The molecule has 1 amide bonds. The van der Waals surface area contributed by atoms with Crippen LogP contribution >= 0.6 is 11.3 Å². The van der Waals surface area contributed by atoms with Gasteiger partial charge in [-0.05, 0) is 18.6 Å². The van der Waals surface area contributed by atoms with E-state index in [-0.39, 0.29) is 0 Å². The van der Waals surface area contributed by atoms with E-state index >= 15 is 0 Å². The number of aliphatic carboxylic acids is 2. The van der Waals surface area contributed by atoms with Crippen LogP contribution in [-0.2, 0) is 16.0 Å². The summed E-state index contributed by atoms with van der Waals surface area (Å²) in [6.45, 7) is 0.696. The molecule has 1 aromatic rings. The summed E-state index contributed by atoms with van der Waals surface area (Å²) < 4.78 is 0. The Morgan fingerprint density at radius 3 is 2.11 bits per heavy atom. The first-order valence-corrected chi connectivity index (χ1v) is 6.07. The molecule has 0 aliphatic rings. The van der Waals surface area contributed by atoms with Gasteiger partial charge in [-0.25, -0.2) is 0 Å². The summed E-state index contributed by atoms with van der Waals surface area (Å²) in [5.74, 6) is -3.04. The third kappa shape index (κ3) is 3.85. The van der Waals surface area contributed by atoms with Gasteiger partial charge in [0.1, 0.15) is 13.1 Å². The average molecular weight is 271 g/mol. The number of carbonyl (C=O) groups is 3. The lowest BCUT2D eigenvalue weighted by atomic mass is 10.3. The summed E-state index contributed by atoms with van der Waals surface area (Å²) in [5.41, 5.74) is 0. The van der Waals surface area contributed by atoms with Crippen LogP contribution in [0.25, 0.3) is 0 Å². The Labute approximate surface area is 107 Å². The van der Waals surface area contributed by atoms with Crippen LogP contribution in [-0.4, -0.2) is 46.0 Å². The van der Waals surface area contributed by atoms with E-state index < -0.39 is 30.9 Å². The zero-order valence-corrected chi connectivity index (χ0v) is 10.6. The molecule has 0 atom stereocenters. The minimum absolute atomic E-state index is 0.356. The van der Waals surface area contributed by atoms with E-state index in [1.165, 1.54) is 11.3 Å². The number of carboxylic acids is 2. The van der Waals surface area contributed by atoms with Gasteiger partial charge in [-0.1, -0.05) is 6.92 Å². The van der Waals surface area contributed by atoms with Crippen LogP contribution in [0.5, 0.6) is 0 Å². The second-order valence-electron chi connectivity index (χ2n) is 3.57. The SMILES string of the molecule is CCc1ccc(C(=O)N(CC(=O)O)CC(=O)O)s1. The Morgan fingerprint density at radius 2 is 1.72 bits per heavy atom. The number of thiophene rings is 1. The molecule has 7 heteroatoms. The van der Waals surface area contributed by atoms with Gasteiger partial charge < -0.3 is 15.1 Å². The molecule has 0 spiro atoms. The van der Waals surface area contributed by atoms with Crippen LogP contribution in [0.3, 0.4) is 0 Å². The predicted octanol–water partition coefficient (Wildman–Crippen LogP) is 0.922. The van der Waals surface area contributed by atoms with E-state index in [4.69, 9.17) is 10.2 Å². The van der Waals surface area contributed by atoms with Gasteiger partial charge in [0.2, 0.25) is 0 Å². The largest absolute Gasteiger partial charge is 0.480 e. The van der Waals surface area contributed by atoms with Gasteiger partial charge in [-0.3, -0.25) is 14.4 Å². The number of carbonyl (C=O) groups excluding carboxylic acids is 1. The van der Waals surface area contributed by atoms with Gasteiger partial charge in [0.25, 0.3) is 5.91 Å². The molecular weight excluding hydrogens is 258 g/mol. The van der Waals surface area contributed by atoms with Crippen LogP contribution in [0.2, 0.25) is 0 Å². The number of rotatable bonds is 6. The normalized spacial score (nSPS) is 10.1. The quantitative estimate of drug-likeness (QED) is 0.802. The molecule has 1 aromatic heterocycles. The Hall–Kier alpha value is -1.89. The Morgan fingerprint density at radius 1 is 1.17 bits per heavy atom. The third-order valence-corrected chi connectivity index (χ3v) is 3.38. The van der Waals surface area contributed by atoms with Crippen molar-refractivity contribution < 1.29 is 24.6 Å². The molecule has 0 aliphatic heterocycles. The number of aryl methyl sites for hydroxylation is 1. The average Bonchev–Trinajstić information content (AvgIpc) is 2.74. The van der Waals surface area contributed by atoms with Crippen molar-refractivity contribution >= 4 is 29.2 Å². The fourth-order valence-corrected chi connectivity index (χ4v) is 2.28. The summed E-state index contributed by atoms with van der Waals surface area (Å²) in [6.07, 6.45) is 0.774. The maximum Gasteiger partial charge on any atom is 0.323 e. The zero-order valence-electron chi connectivity index (χ0n) is 9.75. The van der Waals surface area contributed by atoms with Crippen LogP contribution in [0, 0.1) is 0 Å². The van der Waals surface area contributed by atoms with E-state index in [9.17, 15) is 14.4 Å². The first kappa shape index (κ1) is 14.2. The highest BCUT2D eigenvalue weighted by molar-refractivity contribution is 7.14. The lowest BCUT2D eigenvalue weighted by Gasteiger charge is -2.17. The molecule has 0 aliphatic carbocycles. The fraction of sp³-hybridized carbons (Fsp3) is 0.364. The smallest absolute Gasteiger partial charge is 0.323 e. The first-order valence-electron chi connectivity index (χ1n) is 5.25. The molecule has 1 heterocycles. The standard InChI is InChI=1S/C11H13NO5S/c1-2-7-3-4-8(18-7)11(17)12(5-9(13)14)6-10(15)16/h3-4H,2,5-6H2,1H3,(H,13,14)(H,15,16). The van der Waals surface area contributed by atoms with Crippen molar-refractivity contribution in [2.24, 2.45) is 0 Å². The van der Waals surface area contributed by atoms with Gasteiger partial charge in [0.15, 0.2) is 0 Å². The summed E-state index contributed by atoms with van der Waals surface area (Å²) in [4.78, 5) is 35.3. The number of amides is 1. The second kappa shape index (κ2) is 6.15. The Balaban J connectivity index is 2.86. The predicted molar refractivity (Wildman–Crippen MR) is 64.9 cm³/mol. The van der Waals surface area contributed by atoms with Crippen LogP contribution in [0.4, 0.5) is 0 Å². The van der Waals surface area contributed by atoms with E-state index in [2.05, 4.69) is 0 Å².